The van der Waals surface area contributed by atoms with Crippen LogP contribution in [0.3, 0.4) is 0 Å². The molecule has 2 aromatic carbocycles. The Kier molecular flexibility index (Phi) is 9.52. The Labute approximate surface area is 286 Å². The zero-order chi connectivity index (χ0) is 34.8. The van der Waals surface area contributed by atoms with Crippen LogP contribution in [-0.4, -0.2) is 72.5 Å². The van der Waals surface area contributed by atoms with E-state index in [1.807, 2.05) is 58.0 Å². The van der Waals surface area contributed by atoms with E-state index < -0.39 is 11.1 Å². The summed E-state index contributed by atoms with van der Waals surface area (Å²) in [7, 11) is 1.55. The molecule has 2 saturated heterocycles. The van der Waals surface area contributed by atoms with Gasteiger partial charge in [0.1, 0.15) is 40.6 Å². The normalized spacial score (nSPS) is 16.5. The zero-order valence-electron chi connectivity index (χ0n) is 28.6. The zero-order valence-corrected chi connectivity index (χ0v) is 28.6. The van der Waals surface area contributed by atoms with Crippen LogP contribution in [0.4, 0.5) is 4.79 Å². The first-order valence-corrected chi connectivity index (χ1v) is 16.6. The monoisotopic (exact) mass is 666 g/mol. The number of aromatic nitrogens is 1. The minimum atomic E-state index is -0.562. The van der Waals surface area contributed by atoms with E-state index in [1.54, 1.807) is 36.4 Å². The molecule has 0 spiro atoms. The van der Waals surface area contributed by atoms with Crippen molar-refractivity contribution < 1.29 is 33.0 Å². The maximum absolute atomic E-state index is 13.4. The molecule has 256 valence electrons. The largest absolute Gasteiger partial charge is 0.496 e. The minimum absolute atomic E-state index is 0.0199. The number of rotatable bonds is 7. The van der Waals surface area contributed by atoms with Crippen LogP contribution in [-0.2, 0) is 9.47 Å². The molecule has 0 radical (unpaired) electrons. The SMILES string of the molecule is COc1cc(C(=O)NC2(C)CCN(C(=O)OC(C)(C)C)CC2)ccc1-c1cc2nccc(-c3ccc(OC4CCOCC4)c(C#N)c3)c2o1. The Morgan fingerprint density at radius 3 is 2.47 bits per heavy atom. The number of nitrogens with zero attached hydrogens (tertiary/aromatic N) is 3. The van der Waals surface area contributed by atoms with E-state index in [4.69, 9.17) is 23.4 Å². The summed E-state index contributed by atoms with van der Waals surface area (Å²) >= 11 is 0. The van der Waals surface area contributed by atoms with Gasteiger partial charge in [-0.15, -0.1) is 0 Å². The summed E-state index contributed by atoms with van der Waals surface area (Å²) in [5, 5.41) is 13.1. The number of hydrogen-bond acceptors (Lipinski definition) is 9. The molecule has 4 heterocycles. The molecule has 11 heteroatoms. The lowest BCUT2D eigenvalue weighted by atomic mass is 9.89. The average Bonchev–Trinajstić information content (AvgIpc) is 3.52. The van der Waals surface area contributed by atoms with Crippen molar-refractivity contribution in [2.24, 2.45) is 0 Å². The number of methoxy groups -OCH3 is 1. The van der Waals surface area contributed by atoms with Gasteiger partial charge < -0.3 is 33.6 Å². The number of carbonyl (C=O) groups is 2. The van der Waals surface area contributed by atoms with Crippen molar-refractivity contribution in [3.8, 4) is 40.0 Å². The van der Waals surface area contributed by atoms with Crippen molar-refractivity contribution in [3.63, 3.8) is 0 Å². The number of benzene rings is 2. The van der Waals surface area contributed by atoms with Gasteiger partial charge in [-0.3, -0.25) is 9.78 Å². The van der Waals surface area contributed by atoms with Gasteiger partial charge in [0.15, 0.2) is 5.58 Å². The third-order valence-corrected chi connectivity index (χ3v) is 8.95. The number of piperidine rings is 1. The van der Waals surface area contributed by atoms with E-state index in [2.05, 4.69) is 16.4 Å². The van der Waals surface area contributed by atoms with Gasteiger partial charge in [-0.25, -0.2) is 4.79 Å². The van der Waals surface area contributed by atoms with E-state index in [-0.39, 0.29) is 18.1 Å². The molecule has 2 fully saturated rings. The highest BCUT2D eigenvalue weighted by Crippen LogP contribution is 2.39. The third kappa shape index (κ3) is 7.65. The number of likely N-dealkylation sites (tertiary alicyclic amines) is 1. The second-order valence-electron chi connectivity index (χ2n) is 13.8. The van der Waals surface area contributed by atoms with Crippen LogP contribution in [0.25, 0.3) is 33.6 Å². The molecule has 2 aliphatic heterocycles. The van der Waals surface area contributed by atoms with Crippen molar-refractivity contribution in [2.75, 3.05) is 33.4 Å². The van der Waals surface area contributed by atoms with Gasteiger partial charge >= 0.3 is 6.09 Å². The number of nitriles is 1. The summed E-state index contributed by atoms with van der Waals surface area (Å²) in [6.45, 7) is 9.81. The fourth-order valence-electron chi connectivity index (χ4n) is 6.18. The molecule has 0 unspecified atom stereocenters. The highest BCUT2D eigenvalue weighted by atomic mass is 16.6. The van der Waals surface area contributed by atoms with Gasteiger partial charge in [0.2, 0.25) is 0 Å². The molecular formula is C38H42N4O7. The second-order valence-corrected chi connectivity index (χ2v) is 13.8. The first-order valence-electron chi connectivity index (χ1n) is 16.6. The molecule has 1 N–H and O–H groups in total. The van der Waals surface area contributed by atoms with Crippen LogP contribution >= 0.6 is 0 Å². The van der Waals surface area contributed by atoms with Crippen molar-refractivity contribution in [1.29, 1.82) is 5.26 Å². The van der Waals surface area contributed by atoms with Crippen molar-refractivity contribution in [3.05, 3.63) is 65.9 Å². The Balaban J connectivity index is 1.19. The van der Waals surface area contributed by atoms with Gasteiger partial charge in [-0.1, -0.05) is 6.07 Å². The lowest BCUT2D eigenvalue weighted by Crippen LogP contribution is -2.54. The molecule has 0 atom stereocenters. The van der Waals surface area contributed by atoms with Crippen molar-refractivity contribution >= 4 is 23.1 Å². The Morgan fingerprint density at radius 2 is 1.78 bits per heavy atom. The van der Waals surface area contributed by atoms with E-state index in [0.717, 1.165) is 24.0 Å². The van der Waals surface area contributed by atoms with Crippen LogP contribution in [0.5, 0.6) is 11.5 Å². The molecule has 0 aliphatic carbocycles. The predicted octanol–water partition coefficient (Wildman–Crippen LogP) is 7.12. The number of fused-ring (bicyclic) bond motifs is 1. The Hall–Kier alpha value is -5.08. The topological polar surface area (TPSA) is 136 Å². The Morgan fingerprint density at radius 1 is 1.02 bits per heavy atom. The predicted molar refractivity (Wildman–Crippen MR) is 184 cm³/mol. The number of ether oxygens (including phenoxy) is 4. The summed E-state index contributed by atoms with van der Waals surface area (Å²) < 4.78 is 29.2. The van der Waals surface area contributed by atoms with E-state index in [0.29, 0.717) is 84.2 Å². The number of furan rings is 1. The second kappa shape index (κ2) is 13.8. The summed E-state index contributed by atoms with van der Waals surface area (Å²) in [5.74, 6) is 1.32. The maximum Gasteiger partial charge on any atom is 0.410 e. The average molecular weight is 667 g/mol. The van der Waals surface area contributed by atoms with Crippen LogP contribution in [0, 0.1) is 11.3 Å². The molecule has 2 aromatic heterocycles. The highest BCUT2D eigenvalue weighted by Gasteiger charge is 2.35. The number of nitrogens with one attached hydrogen (secondary N) is 1. The van der Waals surface area contributed by atoms with Gasteiger partial charge in [-0.2, -0.15) is 5.26 Å². The quantitative estimate of drug-likeness (QED) is 0.219. The van der Waals surface area contributed by atoms with Gasteiger partial charge in [-0.05, 0) is 82.5 Å². The molecule has 4 aromatic rings. The molecule has 6 rings (SSSR count). The van der Waals surface area contributed by atoms with Crippen LogP contribution < -0.4 is 14.8 Å². The van der Waals surface area contributed by atoms with Crippen LogP contribution in [0.1, 0.15) is 69.3 Å². The van der Waals surface area contributed by atoms with Crippen molar-refractivity contribution in [1.82, 2.24) is 15.2 Å². The highest BCUT2D eigenvalue weighted by molar-refractivity contribution is 5.97. The summed E-state index contributed by atoms with van der Waals surface area (Å²) in [6, 6.07) is 16.8. The van der Waals surface area contributed by atoms with E-state index in [1.165, 1.54) is 0 Å². The first kappa shape index (κ1) is 33.8. The smallest absolute Gasteiger partial charge is 0.410 e. The first-order chi connectivity index (χ1) is 23.4. The molecule has 2 aliphatic rings. The van der Waals surface area contributed by atoms with Crippen LogP contribution in [0.15, 0.2) is 59.1 Å². The molecule has 11 nitrogen and oxygen atoms in total. The fourth-order valence-corrected chi connectivity index (χ4v) is 6.18. The lowest BCUT2D eigenvalue weighted by molar-refractivity contribution is 0.0159. The Bertz CT molecular complexity index is 1890. The van der Waals surface area contributed by atoms with Gasteiger partial charge in [0.05, 0.1) is 31.5 Å². The number of carbonyl (C=O) groups excluding carboxylic acids is 2. The third-order valence-electron chi connectivity index (χ3n) is 8.95. The summed E-state index contributed by atoms with van der Waals surface area (Å²) in [5.41, 5.74) is 3.29. The lowest BCUT2D eigenvalue weighted by Gasteiger charge is -2.40. The molecule has 49 heavy (non-hydrogen) atoms. The van der Waals surface area contributed by atoms with Crippen LogP contribution in [0.2, 0.25) is 0 Å². The van der Waals surface area contributed by atoms with Gasteiger partial charge in [0, 0.05) is 54.9 Å². The fraction of sp³-hybridized carbons (Fsp3) is 0.421. The number of hydrogen-bond donors (Lipinski definition) is 1. The number of amides is 2. The number of pyridine rings is 1. The van der Waals surface area contributed by atoms with Gasteiger partial charge in [0.25, 0.3) is 5.91 Å². The van der Waals surface area contributed by atoms with E-state index >= 15 is 0 Å². The summed E-state index contributed by atoms with van der Waals surface area (Å²) in [4.78, 5) is 32.1. The molecule has 0 bridgehead atoms. The molecular weight excluding hydrogens is 624 g/mol. The standard InChI is InChI=1S/C38H42N4O7/c1-37(2,3)49-36(44)42-16-13-38(4,14-17-42)41-35(43)25-6-8-29(32(21-25)45-5)33-22-30-34(48-33)28(10-15-40-30)24-7-9-31(26(20-24)23-39)47-27-11-18-46-19-12-27/h6-10,15,20-22,27H,11-14,16-19H2,1-5H3,(H,41,43). The van der Waals surface area contributed by atoms with Crippen molar-refractivity contribution in [2.45, 2.75) is 70.6 Å². The summed E-state index contributed by atoms with van der Waals surface area (Å²) in [6.07, 6.45) is 4.17. The maximum atomic E-state index is 13.4. The molecule has 0 saturated carbocycles. The minimum Gasteiger partial charge on any atom is -0.496 e. The molecule has 2 amide bonds. The van der Waals surface area contributed by atoms with E-state index in [9.17, 15) is 14.9 Å².